The van der Waals surface area contributed by atoms with Gasteiger partial charge >= 0.3 is 0 Å². The number of hydrogen-bond acceptors (Lipinski definition) is 5. The van der Waals surface area contributed by atoms with E-state index < -0.39 is 0 Å². The summed E-state index contributed by atoms with van der Waals surface area (Å²) in [5, 5.41) is 4.01. The Morgan fingerprint density at radius 1 is 1.21 bits per heavy atom. The van der Waals surface area contributed by atoms with Crippen LogP contribution >= 0.6 is 22.6 Å². The molecule has 0 radical (unpaired) electrons. The van der Waals surface area contributed by atoms with Crippen LogP contribution in [-0.2, 0) is 11.3 Å². The molecule has 1 heterocycles. The van der Waals surface area contributed by atoms with Crippen molar-refractivity contribution in [2.75, 3.05) is 13.2 Å². The third-order valence-corrected chi connectivity index (χ3v) is 4.70. The molecule has 0 spiro atoms. The van der Waals surface area contributed by atoms with Crippen LogP contribution in [0.25, 0.3) is 11.4 Å². The summed E-state index contributed by atoms with van der Waals surface area (Å²) in [7, 11) is 0. The summed E-state index contributed by atoms with van der Waals surface area (Å²) in [6.07, 6.45) is 1.65. The lowest BCUT2D eigenvalue weighted by molar-refractivity contribution is -0.133. The average Bonchev–Trinajstić information content (AvgIpc) is 3.16. The van der Waals surface area contributed by atoms with Crippen molar-refractivity contribution < 1.29 is 14.1 Å². The minimum Gasteiger partial charge on any atom is -0.484 e. The summed E-state index contributed by atoms with van der Waals surface area (Å²) in [5.74, 6) is 1.32. The lowest BCUT2D eigenvalue weighted by atomic mass is 10.1. The summed E-state index contributed by atoms with van der Waals surface area (Å²) >= 11 is 2.21. The quantitative estimate of drug-likeness (QED) is 0.350. The van der Waals surface area contributed by atoms with E-state index in [-0.39, 0.29) is 19.1 Å². The molecule has 3 aromatic rings. The highest BCUT2D eigenvalue weighted by Gasteiger charge is 2.18. The van der Waals surface area contributed by atoms with Crippen LogP contribution in [0.2, 0.25) is 0 Å². The number of carbonyl (C=O) groups is 1. The van der Waals surface area contributed by atoms with Gasteiger partial charge in [0.15, 0.2) is 6.61 Å². The van der Waals surface area contributed by atoms with Crippen LogP contribution in [0, 0.1) is 10.5 Å². The van der Waals surface area contributed by atoms with Crippen molar-refractivity contribution in [1.29, 1.82) is 0 Å². The Bertz CT molecular complexity index is 936. The van der Waals surface area contributed by atoms with Crippen LogP contribution < -0.4 is 4.74 Å². The summed E-state index contributed by atoms with van der Waals surface area (Å²) in [6.45, 7) is 6.20. The van der Waals surface area contributed by atoms with E-state index in [1.807, 2.05) is 55.5 Å². The van der Waals surface area contributed by atoms with E-state index in [1.54, 1.807) is 11.0 Å². The number of hydrogen-bond donors (Lipinski definition) is 0. The van der Waals surface area contributed by atoms with Crippen molar-refractivity contribution in [1.82, 2.24) is 15.0 Å². The second kappa shape index (κ2) is 9.50. The molecule has 0 atom stereocenters. The van der Waals surface area contributed by atoms with Gasteiger partial charge in [-0.25, -0.2) is 0 Å². The first kappa shape index (κ1) is 20.1. The number of rotatable bonds is 8. The third-order valence-electron chi connectivity index (χ3n) is 3.98. The Balaban J connectivity index is 1.63. The summed E-state index contributed by atoms with van der Waals surface area (Å²) in [4.78, 5) is 18.5. The second-order valence-electron chi connectivity index (χ2n) is 6.18. The Morgan fingerprint density at radius 2 is 1.93 bits per heavy atom. The maximum Gasteiger partial charge on any atom is 0.261 e. The maximum atomic E-state index is 12.6. The molecule has 144 valence electrons. The molecule has 0 unspecified atom stereocenters. The molecule has 1 amide bonds. The van der Waals surface area contributed by atoms with E-state index in [0.29, 0.717) is 24.0 Å². The van der Waals surface area contributed by atoms with Crippen LogP contribution in [0.4, 0.5) is 0 Å². The number of nitrogens with zero attached hydrogens (tertiary/aromatic N) is 3. The zero-order valence-electron chi connectivity index (χ0n) is 15.5. The number of carbonyl (C=O) groups excluding carboxylic acids is 1. The molecule has 2 aromatic carbocycles. The normalized spacial score (nSPS) is 10.5. The molecule has 0 aliphatic carbocycles. The molecule has 0 saturated carbocycles. The van der Waals surface area contributed by atoms with Crippen molar-refractivity contribution in [3.8, 4) is 17.1 Å². The SMILES string of the molecule is C=CCN(Cc1nc(-c2ccc(C)cc2)no1)C(=O)COc1ccc(I)cc1. The van der Waals surface area contributed by atoms with Crippen LogP contribution in [0.5, 0.6) is 5.75 Å². The minimum atomic E-state index is -0.187. The van der Waals surface area contributed by atoms with Crippen molar-refractivity contribution in [3.05, 3.63) is 76.2 Å². The van der Waals surface area contributed by atoms with Gasteiger partial charge in [0.1, 0.15) is 12.3 Å². The van der Waals surface area contributed by atoms with Crippen molar-refractivity contribution in [3.63, 3.8) is 0 Å². The van der Waals surface area contributed by atoms with E-state index >= 15 is 0 Å². The second-order valence-corrected chi connectivity index (χ2v) is 7.43. The topological polar surface area (TPSA) is 68.5 Å². The summed E-state index contributed by atoms with van der Waals surface area (Å²) in [5.41, 5.74) is 2.02. The van der Waals surface area contributed by atoms with Gasteiger partial charge in [-0.15, -0.1) is 6.58 Å². The van der Waals surface area contributed by atoms with Gasteiger partial charge < -0.3 is 14.2 Å². The van der Waals surface area contributed by atoms with Crippen LogP contribution in [-0.4, -0.2) is 34.1 Å². The number of amides is 1. The molecule has 0 saturated heterocycles. The Hall–Kier alpha value is -2.68. The molecular formula is C21H20IN3O3. The number of ether oxygens (including phenoxy) is 1. The fraction of sp³-hybridized carbons (Fsp3) is 0.190. The van der Waals surface area contributed by atoms with Gasteiger partial charge in [-0.1, -0.05) is 41.1 Å². The van der Waals surface area contributed by atoms with E-state index in [2.05, 4.69) is 39.3 Å². The number of aryl methyl sites for hydroxylation is 1. The smallest absolute Gasteiger partial charge is 0.261 e. The molecule has 28 heavy (non-hydrogen) atoms. The highest BCUT2D eigenvalue weighted by molar-refractivity contribution is 14.1. The van der Waals surface area contributed by atoms with Gasteiger partial charge in [-0.2, -0.15) is 4.98 Å². The van der Waals surface area contributed by atoms with Gasteiger partial charge in [-0.05, 0) is 53.8 Å². The molecule has 0 aliphatic heterocycles. The lowest BCUT2D eigenvalue weighted by Gasteiger charge is -2.19. The maximum absolute atomic E-state index is 12.6. The van der Waals surface area contributed by atoms with Crippen molar-refractivity contribution >= 4 is 28.5 Å². The fourth-order valence-corrected chi connectivity index (χ4v) is 2.84. The van der Waals surface area contributed by atoms with Gasteiger partial charge in [-0.3, -0.25) is 4.79 Å². The average molecular weight is 489 g/mol. The summed E-state index contributed by atoms with van der Waals surface area (Å²) in [6, 6.07) is 15.4. The molecule has 7 heteroatoms. The number of halogens is 1. The number of aromatic nitrogens is 2. The first-order chi connectivity index (χ1) is 13.5. The monoisotopic (exact) mass is 489 g/mol. The van der Waals surface area contributed by atoms with E-state index in [0.717, 1.165) is 14.7 Å². The molecule has 0 N–H and O–H groups in total. The molecule has 6 nitrogen and oxygen atoms in total. The van der Waals surface area contributed by atoms with E-state index in [4.69, 9.17) is 9.26 Å². The van der Waals surface area contributed by atoms with Crippen LogP contribution in [0.15, 0.2) is 65.7 Å². The molecule has 0 aliphatic rings. The predicted molar refractivity (Wildman–Crippen MR) is 115 cm³/mol. The Kier molecular flexibility index (Phi) is 6.80. The van der Waals surface area contributed by atoms with E-state index in [9.17, 15) is 4.79 Å². The van der Waals surface area contributed by atoms with Gasteiger partial charge in [0.25, 0.3) is 5.91 Å². The predicted octanol–water partition coefficient (Wildman–Crippen LogP) is 4.24. The first-order valence-corrected chi connectivity index (χ1v) is 9.79. The first-order valence-electron chi connectivity index (χ1n) is 8.72. The molecular weight excluding hydrogens is 469 g/mol. The van der Waals surface area contributed by atoms with Crippen molar-refractivity contribution in [2.45, 2.75) is 13.5 Å². The highest BCUT2D eigenvalue weighted by atomic mass is 127. The highest BCUT2D eigenvalue weighted by Crippen LogP contribution is 2.17. The van der Waals surface area contributed by atoms with Gasteiger partial charge in [0.05, 0.1) is 0 Å². The van der Waals surface area contributed by atoms with Gasteiger partial charge in [0, 0.05) is 15.7 Å². The van der Waals surface area contributed by atoms with Crippen LogP contribution in [0.3, 0.4) is 0 Å². The molecule has 1 aromatic heterocycles. The fourth-order valence-electron chi connectivity index (χ4n) is 2.48. The largest absolute Gasteiger partial charge is 0.484 e. The zero-order valence-corrected chi connectivity index (χ0v) is 17.6. The van der Waals surface area contributed by atoms with Crippen molar-refractivity contribution in [2.24, 2.45) is 0 Å². The minimum absolute atomic E-state index is 0.0760. The molecule has 3 rings (SSSR count). The Morgan fingerprint density at radius 3 is 2.61 bits per heavy atom. The summed E-state index contributed by atoms with van der Waals surface area (Å²) < 4.78 is 12.0. The van der Waals surface area contributed by atoms with Gasteiger partial charge in [0.2, 0.25) is 11.7 Å². The molecule has 0 fully saturated rings. The standard InChI is InChI=1S/C21H20IN3O3/c1-3-12-25(20(26)14-27-18-10-8-17(22)9-11-18)13-19-23-21(24-28-19)16-6-4-15(2)5-7-16/h3-11H,1,12-14H2,2H3. The van der Waals surface area contributed by atoms with Crippen LogP contribution in [0.1, 0.15) is 11.5 Å². The van der Waals surface area contributed by atoms with E-state index in [1.165, 1.54) is 0 Å². The third kappa shape index (κ3) is 5.41. The lowest BCUT2D eigenvalue weighted by Crippen LogP contribution is -2.34. The zero-order chi connectivity index (χ0) is 19.9. The Labute approximate surface area is 177 Å². The molecule has 0 bridgehead atoms. The number of benzene rings is 2.